The molecule has 0 spiro atoms. The van der Waals surface area contributed by atoms with E-state index in [0.29, 0.717) is 36.7 Å². The van der Waals surface area contributed by atoms with Crippen molar-refractivity contribution in [2.45, 2.75) is 69.6 Å². The molecule has 1 unspecified atom stereocenters. The lowest BCUT2D eigenvalue weighted by atomic mass is 9.94. The summed E-state index contributed by atoms with van der Waals surface area (Å²) in [4.78, 5) is 39.7. The van der Waals surface area contributed by atoms with Crippen molar-refractivity contribution in [2.24, 2.45) is 5.92 Å². The largest absolute Gasteiger partial charge is 0.415 e. The fourth-order valence-corrected chi connectivity index (χ4v) is 5.16. The highest BCUT2D eigenvalue weighted by Gasteiger charge is 2.48. The second-order valence-electron chi connectivity index (χ2n) is 11.1. The molecule has 3 aliphatic rings. The molecular weight excluding hydrogens is 542 g/mol. The number of piperidine rings is 1. The van der Waals surface area contributed by atoms with Crippen molar-refractivity contribution in [1.82, 2.24) is 29.7 Å². The maximum Gasteiger partial charge on any atom is 0.415 e. The number of nitrogens with one attached hydrogen (secondary N) is 1. The van der Waals surface area contributed by atoms with Crippen LogP contribution in [-0.4, -0.2) is 84.1 Å². The van der Waals surface area contributed by atoms with Crippen LogP contribution >= 0.6 is 0 Å². The molecule has 13 nitrogen and oxygen atoms in total. The lowest BCUT2D eigenvalue weighted by Crippen LogP contribution is -2.43. The van der Waals surface area contributed by atoms with Crippen molar-refractivity contribution in [3.8, 4) is 17.6 Å². The smallest absolute Gasteiger partial charge is 0.410 e. The highest BCUT2D eigenvalue weighted by atomic mass is 16.6. The van der Waals surface area contributed by atoms with Gasteiger partial charge in [0.25, 0.3) is 5.91 Å². The van der Waals surface area contributed by atoms with Gasteiger partial charge in [-0.1, -0.05) is 23.6 Å². The molecule has 0 radical (unpaired) electrons. The maximum absolute atomic E-state index is 12.5. The molecule has 1 saturated carbocycles. The predicted molar refractivity (Wildman–Crippen MR) is 150 cm³/mol. The standard InChI is InChI=1S/C29H33N7O6/c1-16-5-9-19(10-6-16)41-29(40)35-13-11-17(12-14-35)3-2-4-20-33-25(30)21-26(34-20)36(15-31-21)28-23(38)22(37)24(42-28)27(39)32-18-7-8-18/h5-6,9-10,15,17-18,22-24,28,37-38H,3,7-8,11-14H2,1H3,(H,32,39)(H2,30,33,34)/t22?,23-,24-,28+/m0/s1. The zero-order valence-electron chi connectivity index (χ0n) is 23.1. The lowest BCUT2D eigenvalue weighted by Gasteiger charge is -2.30. The van der Waals surface area contributed by atoms with Crippen LogP contribution in [0.25, 0.3) is 11.2 Å². The van der Waals surface area contributed by atoms with Gasteiger partial charge in [-0.3, -0.25) is 9.36 Å². The minimum atomic E-state index is -1.42. The minimum absolute atomic E-state index is 0.0837. The molecule has 5 N–H and O–H groups in total. The minimum Gasteiger partial charge on any atom is -0.410 e. The van der Waals surface area contributed by atoms with Gasteiger partial charge in [0.2, 0.25) is 5.82 Å². The Labute approximate surface area is 242 Å². The number of imidazole rings is 1. The van der Waals surface area contributed by atoms with E-state index in [0.717, 1.165) is 31.2 Å². The molecule has 42 heavy (non-hydrogen) atoms. The van der Waals surface area contributed by atoms with Crippen molar-refractivity contribution in [2.75, 3.05) is 18.8 Å². The van der Waals surface area contributed by atoms with Gasteiger partial charge in [0.15, 0.2) is 23.8 Å². The first kappa shape index (κ1) is 27.9. The molecule has 6 rings (SSSR count). The molecule has 2 saturated heterocycles. The molecule has 4 atom stereocenters. The first-order valence-corrected chi connectivity index (χ1v) is 14.1. The third-order valence-corrected chi connectivity index (χ3v) is 7.83. The molecule has 3 fully saturated rings. The number of carbonyl (C=O) groups excluding carboxylic acids is 2. The number of hydrogen-bond donors (Lipinski definition) is 4. The topological polar surface area (TPSA) is 178 Å². The van der Waals surface area contributed by atoms with Crippen molar-refractivity contribution in [3.63, 3.8) is 0 Å². The number of hydrogen-bond acceptors (Lipinski definition) is 10. The highest BCUT2D eigenvalue weighted by Crippen LogP contribution is 2.33. The molecule has 0 bridgehead atoms. The second-order valence-corrected chi connectivity index (χ2v) is 11.1. The summed E-state index contributed by atoms with van der Waals surface area (Å²) in [6, 6.07) is 7.45. The van der Waals surface area contributed by atoms with Crippen LogP contribution in [0.2, 0.25) is 0 Å². The number of aromatic nitrogens is 4. The molecule has 1 aromatic carbocycles. The Morgan fingerprint density at radius 3 is 2.57 bits per heavy atom. The van der Waals surface area contributed by atoms with E-state index in [1.165, 1.54) is 10.9 Å². The van der Waals surface area contributed by atoms with Gasteiger partial charge in [0.1, 0.15) is 23.5 Å². The van der Waals surface area contributed by atoms with Crippen LogP contribution in [0.5, 0.6) is 5.75 Å². The van der Waals surface area contributed by atoms with Crippen LogP contribution in [-0.2, 0) is 9.53 Å². The van der Waals surface area contributed by atoms with Crippen LogP contribution < -0.4 is 15.8 Å². The number of rotatable bonds is 5. The first-order chi connectivity index (χ1) is 20.3. The lowest BCUT2D eigenvalue weighted by molar-refractivity contribution is -0.137. The van der Waals surface area contributed by atoms with Crippen LogP contribution in [0.3, 0.4) is 0 Å². The molecule has 2 aromatic heterocycles. The summed E-state index contributed by atoms with van der Waals surface area (Å²) >= 11 is 0. The van der Waals surface area contributed by atoms with E-state index < -0.39 is 30.4 Å². The zero-order chi connectivity index (χ0) is 29.4. The molecule has 220 valence electrons. The summed E-state index contributed by atoms with van der Waals surface area (Å²) in [7, 11) is 0. The molecular formula is C29H33N7O6. The number of nitrogen functional groups attached to an aromatic ring is 1. The van der Waals surface area contributed by atoms with Crippen LogP contribution in [0.15, 0.2) is 30.6 Å². The van der Waals surface area contributed by atoms with E-state index in [-0.39, 0.29) is 29.4 Å². The van der Waals surface area contributed by atoms with E-state index in [4.69, 9.17) is 15.2 Å². The number of aliphatic hydroxyl groups is 2. The van der Waals surface area contributed by atoms with Gasteiger partial charge in [-0.05, 0) is 56.6 Å². The van der Waals surface area contributed by atoms with Gasteiger partial charge in [-0.25, -0.2) is 19.7 Å². The molecule has 2 amide bonds. The number of anilines is 1. The fourth-order valence-electron chi connectivity index (χ4n) is 5.16. The molecule has 2 aliphatic heterocycles. The summed E-state index contributed by atoms with van der Waals surface area (Å²) < 4.78 is 12.7. The van der Waals surface area contributed by atoms with E-state index in [2.05, 4.69) is 32.1 Å². The summed E-state index contributed by atoms with van der Waals surface area (Å²) in [6.45, 7) is 3.14. The zero-order valence-corrected chi connectivity index (χ0v) is 23.1. The van der Waals surface area contributed by atoms with E-state index in [1.807, 2.05) is 19.1 Å². The van der Waals surface area contributed by atoms with E-state index >= 15 is 0 Å². The summed E-state index contributed by atoms with van der Waals surface area (Å²) in [5.41, 5.74) is 7.79. The van der Waals surface area contributed by atoms with Crippen molar-refractivity contribution < 1.29 is 29.3 Å². The first-order valence-electron chi connectivity index (χ1n) is 14.1. The predicted octanol–water partition coefficient (Wildman–Crippen LogP) is 1.27. The number of ether oxygens (including phenoxy) is 2. The average molecular weight is 576 g/mol. The number of benzene rings is 1. The van der Waals surface area contributed by atoms with Gasteiger partial charge in [-0.15, -0.1) is 0 Å². The van der Waals surface area contributed by atoms with Gasteiger partial charge in [-0.2, -0.15) is 0 Å². The number of carbonyl (C=O) groups is 2. The monoisotopic (exact) mass is 575 g/mol. The summed E-state index contributed by atoms with van der Waals surface area (Å²) in [5.74, 6) is 6.74. The van der Waals surface area contributed by atoms with Crippen LogP contribution in [0.1, 0.15) is 49.7 Å². The van der Waals surface area contributed by atoms with Gasteiger partial charge >= 0.3 is 6.09 Å². The number of amides is 2. The van der Waals surface area contributed by atoms with Crippen LogP contribution in [0.4, 0.5) is 10.6 Å². The number of aliphatic hydroxyl groups excluding tert-OH is 2. The van der Waals surface area contributed by atoms with E-state index in [1.54, 1.807) is 17.0 Å². The van der Waals surface area contributed by atoms with Gasteiger partial charge < -0.3 is 35.6 Å². The Morgan fingerprint density at radius 1 is 1.12 bits per heavy atom. The van der Waals surface area contributed by atoms with E-state index in [9.17, 15) is 19.8 Å². The van der Waals surface area contributed by atoms with Crippen LogP contribution in [0, 0.1) is 24.7 Å². The molecule has 1 aliphatic carbocycles. The maximum atomic E-state index is 12.5. The Balaban J connectivity index is 1.08. The average Bonchev–Trinajstić information content (AvgIpc) is 3.61. The molecule has 13 heteroatoms. The number of likely N-dealkylation sites (tertiary alicyclic amines) is 1. The quantitative estimate of drug-likeness (QED) is 0.324. The van der Waals surface area contributed by atoms with Crippen molar-refractivity contribution in [3.05, 3.63) is 42.0 Å². The third kappa shape index (κ3) is 5.87. The second kappa shape index (κ2) is 11.6. The molecule has 3 aromatic rings. The van der Waals surface area contributed by atoms with Crippen molar-refractivity contribution in [1.29, 1.82) is 0 Å². The van der Waals surface area contributed by atoms with Crippen molar-refractivity contribution >= 4 is 29.0 Å². The Hall–Kier alpha value is -4.25. The summed E-state index contributed by atoms with van der Waals surface area (Å²) in [5, 5.41) is 24.0. The Bertz CT molecular complexity index is 1540. The van der Waals surface area contributed by atoms with Gasteiger partial charge in [0, 0.05) is 25.6 Å². The number of fused-ring (bicyclic) bond motifs is 1. The third-order valence-electron chi connectivity index (χ3n) is 7.83. The fraction of sp³-hybridized carbons (Fsp3) is 0.483. The Kier molecular flexibility index (Phi) is 7.68. The molecule has 4 heterocycles. The number of nitrogens with zero attached hydrogens (tertiary/aromatic N) is 5. The summed E-state index contributed by atoms with van der Waals surface area (Å²) in [6.07, 6.45) is -0.149. The normalized spacial score (nSPS) is 24.3. The highest BCUT2D eigenvalue weighted by molar-refractivity contribution is 5.83. The number of nitrogens with two attached hydrogens (primary N) is 1. The SMILES string of the molecule is Cc1ccc(OC(=O)N2CCC(CC#Cc3nc(N)c4ncn([C@@H]5O[C@H](C(=O)NC6CC6)C(O)[C@@H]5O)c4n3)CC2)cc1. The Morgan fingerprint density at radius 2 is 1.86 bits per heavy atom. The van der Waals surface area contributed by atoms with Gasteiger partial charge in [0.05, 0.1) is 6.33 Å². The number of aryl methyl sites for hydroxylation is 1.